The van der Waals surface area contributed by atoms with Gasteiger partial charge in [-0.15, -0.1) is 0 Å². The monoisotopic (exact) mass is 357 g/mol. The largest absolute Gasteiger partial charge is 0.349 e. The Balaban J connectivity index is 2.02. The number of thiophene rings is 1. The van der Waals surface area contributed by atoms with Gasteiger partial charge in [0.25, 0.3) is 5.91 Å². The first kappa shape index (κ1) is 14.6. The van der Waals surface area contributed by atoms with E-state index in [1.807, 2.05) is 12.3 Å². The minimum Gasteiger partial charge on any atom is -0.349 e. The second kappa shape index (κ2) is 6.55. The summed E-state index contributed by atoms with van der Waals surface area (Å²) < 4.78 is 0.747. The highest BCUT2D eigenvalue weighted by Crippen LogP contribution is 2.21. The van der Waals surface area contributed by atoms with Crippen LogP contribution in [0.1, 0.15) is 22.8 Å². The topological polar surface area (TPSA) is 29.1 Å². The summed E-state index contributed by atoms with van der Waals surface area (Å²) in [6.07, 6.45) is 0.827. The summed E-state index contributed by atoms with van der Waals surface area (Å²) in [5, 5.41) is 7.67. The van der Waals surface area contributed by atoms with Gasteiger partial charge in [-0.2, -0.15) is 11.3 Å². The first-order valence-corrected chi connectivity index (χ1v) is 7.94. The summed E-state index contributed by atoms with van der Waals surface area (Å²) in [6.45, 7) is 1.99. The normalized spacial score (nSPS) is 12.2. The van der Waals surface area contributed by atoms with Crippen LogP contribution < -0.4 is 5.32 Å². The smallest absolute Gasteiger partial charge is 0.252 e. The SMILES string of the molecule is CC(Cc1ccsc1)NC(=O)c1cc(Cl)ccc1Br. The van der Waals surface area contributed by atoms with Crippen LogP contribution in [0.5, 0.6) is 0 Å². The van der Waals surface area contributed by atoms with Crippen molar-refractivity contribution in [3.63, 3.8) is 0 Å². The molecule has 100 valence electrons. The van der Waals surface area contributed by atoms with Gasteiger partial charge >= 0.3 is 0 Å². The predicted molar refractivity (Wildman–Crippen MR) is 84.1 cm³/mol. The van der Waals surface area contributed by atoms with Crippen LogP contribution in [0, 0.1) is 0 Å². The van der Waals surface area contributed by atoms with E-state index in [2.05, 4.69) is 32.7 Å². The van der Waals surface area contributed by atoms with Crippen LogP contribution in [-0.4, -0.2) is 11.9 Å². The van der Waals surface area contributed by atoms with Crippen LogP contribution in [-0.2, 0) is 6.42 Å². The molecule has 1 N–H and O–H groups in total. The molecule has 0 fully saturated rings. The molecule has 0 bridgehead atoms. The molecule has 19 heavy (non-hydrogen) atoms. The van der Waals surface area contributed by atoms with Gasteiger partial charge in [-0.05, 0) is 69.9 Å². The highest BCUT2D eigenvalue weighted by atomic mass is 79.9. The number of hydrogen-bond acceptors (Lipinski definition) is 2. The molecule has 0 aliphatic rings. The quantitative estimate of drug-likeness (QED) is 0.855. The van der Waals surface area contributed by atoms with Gasteiger partial charge in [0.1, 0.15) is 0 Å². The molecule has 2 aromatic rings. The lowest BCUT2D eigenvalue weighted by Gasteiger charge is -2.14. The van der Waals surface area contributed by atoms with E-state index < -0.39 is 0 Å². The Morgan fingerprint density at radius 2 is 2.26 bits per heavy atom. The second-order valence-electron chi connectivity index (χ2n) is 4.33. The van der Waals surface area contributed by atoms with E-state index in [1.54, 1.807) is 29.5 Å². The summed E-state index contributed by atoms with van der Waals surface area (Å²) >= 11 is 10.9. The lowest BCUT2D eigenvalue weighted by Crippen LogP contribution is -2.34. The Kier molecular flexibility index (Phi) is 5.02. The Morgan fingerprint density at radius 3 is 2.95 bits per heavy atom. The van der Waals surface area contributed by atoms with Crippen molar-refractivity contribution in [2.24, 2.45) is 0 Å². The highest BCUT2D eigenvalue weighted by Gasteiger charge is 2.13. The molecule has 2 rings (SSSR count). The molecule has 0 spiro atoms. The molecule has 0 saturated heterocycles. The van der Waals surface area contributed by atoms with Crippen LogP contribution in [0.4, 0.5) is 0 Å². The molecule has 1 atom stereocenters. The fourth-order valence-corrected chi connectivity index (χ4v) is 3.07. The lowest BCUT2D eigenvalue weighted by atomic mass is 10.1. The van der Waals surface area contributed by atoms with Gasteiger partial charge in [-0.25, -0.2) is 0 Å². The van der Waals surface area contributed by atoms with E-state index in [0.29, 0.717) is 10.6 Å². The number of rotatable bonds is 4. The molecule has 0 aliphatic carbocycles. The Hall–Kier alpha value is -0.840. The fraction of sp³-hybridized carbons (Fsp3) is 0.214. The average Bonchev–Trinajstić information content (AvgIpc) is 2.84. The van der Waals surface area contributed by atoms with Crippen LogP contribution in [0.3, 0.4) is 0 Å². The number of hydrogen-bond donors (Lipinski definition) is 1. The molecule has 0 saturated carbocycles. The number of halogens is 2. The van der Waals surface area contributed by atoms with Crippen molar-refractivity contribution in [3.05, 3.63) is 55.6 Å². The molecule has 1 heterocycles. The third-order valence-corrected chi connectivity index (χ3v) is 4.33. The van der Waals surface area contributed by atoms with Crippen molar-refractivity contribution < 1.29 is 4.79 Å². The van der Waals surface area contributed by atoms with Crippen molar-refractivity contribution in [3.8, 4) is 0 Å². The minimum atomic E-state index is -0.114. The van der Waals surface area contributed by atoms with E-state index in [9.17, 15) is 4.79 Å². The first-order chi connectivity index (χ1) is 9.06. The number of carbonyl (C=O) groups is 1. The number of carbonyl (C=O) groups excluding carboxylic acids is 1. The maximum Gasteiger partial charge on any atom is 0.252 e. The summed E-state index contributed by atoms with van der Waals surface area (Å²) in [4.78, 5) is 12.2. The Morgan fingerprint density at radius 1 is 1.47 bits per heavy atom. The molecule has 0 radical (unpaired) electrons. The molecule has 1 amide bonds. The van der Waals surface area contributed by atoms with Gasteiger partial charge in [0.05, 0.1) is 5.56 Å². The predicted octanol–water partition coefficient (Wildman–Crippen LogP) is 4.53. The fourth-order valence-electron chi connectivity index (χ4n) is 1.79. The van der Waals surface area contributed by atoms with E-state index in [4.69, 9.17) is 11.6 Å². The number of amides is 1. The van der Waals surface area contributed by atoms with Crippen molar-refractivity contribution in [2.45, 2.75) is 19.4 Å². The average molecular weight is 359 g/mol. The zero-order valence-corrected chi connectivity index (χ0v) is 13.5. The zero-order valence-electron chi connectivity index (χ0n) is 10.3. The summed E-state index contributed by atoms with van der Waals surface area (Å²) in [5.41, 5.74) is 1.80. The summed E-state index contributed by atoms with van der Waals surface area (Å²) in [6, 6.07) is 7.34. The van der Waals surface area contributed by atoms with Gasteiger partial charge in [0.2, 0.25) is 0 Å². The highest BCUT2D eigenvalue weighted by molar-refractivity contribution is 9.10. The summed E-state index contributed by atoms with van der Waals surface area (Å²) in [7, 11) is 0. The first-order valence-electron chi connectivity index (χ1n) is 5.83. The van der Waals surface area contributed by atoms with E-state index >= 15 is 0 Å². The molecule has 1 aromatic heterocycles. The standard InChI is InChI=1S/C14H13BrClNOS/c1-9(6-10-4-5-19-8-10)17-14(18)12-7-11(16)2-3-13(12)15/h2-5,7-9H,6H2,1H3,(H,17,18). The molecule has 0 aliphatic heterocycles. The third kappa shape index (κ3) is 4.06. The Bertz CT molecular complexity index is 571. The van der Waals surface area contributed by atoms with Crippen LogP contribution >= 0.6 is 38.9 Å². The summed E-state index contributed by atoms with van der Waals surface area (Å²) in [5.74, 6) is -0.114. The second-order valence-corrected chi connectivity index (χ2v) is 6.41. The van der Waals surface area contributed by atoms with Crippen molar-refractivity contribution >= 4 is 44.8 Å². The van der Waals surface area contributed by atoms with E-state index in [0.717, 1.165) is 10.9 Å². The molecule has 2 nitrogen and oxygen atoms in total. The van der Waals surface area contributed by atoms with Gasteiger partial charge in [0.15, 0.2) is 0 Å². The van der Waals surface area contributed by atoms with Gasteiger partial charge in [-0.3, -0.25) is 4.79 Å². The Labute approximate surface area is 129 Å². The zero-order chi connectivity index (χ0) is 13.8. The number of benzene rings is 1. The molecular formula is C14H13BrClNOS. The molecule has 1 aromatic carbocycles. The van der Waals surface area contributed by atoms with Crippen molar-refractivity contribution in [2.75, 3.05) is 0 Å². The number of nitrogens with one attached hydrogen (secondary N) is 1. The molecular weight excluding hydrogens is 346 g/mol. The van der Waals surface area contributed by atoms with Crippen LogP contribution in [0.15, 0.2) is 39.5 Å². The maximum atomic E-state index is 12.2. The lowest BCUT2D eigenvalue weighted by molar-refractivity contribution is 0.0939. The molecule has 5 heteroatoms. The van der Waals surface area contributed by atoms with E-state index in [-0.39, 0.29) is 11.9 Å². The maximum absolute atomic E-state index is 12.2. The van der Waals surface area contributed by atoms with Gasteiger partial charge < -0.3 is 5.32 Å². The van der Waals surface area contributed by atoms with Crippen molar-refractivity contribution in [1.29, 1.82) is 0 Å². The van der Waals surface area contributed by atoms with E-state index in [1.165, 1.54) is 5.56 Å². The van der Waals surface area contributed by atoms with Crippen LogP contribution in [0.2, 0.25) is 5.02 Å². The van der Waals surface area contributed by atoms with Crippen molar-refractivity contribution in [1.82, 2.24) is 5.32 Å². The third-order valence-electron chi connectivity index (χ3n) is 2.67. The van der Waals surface area contributed by atoms with Crippen LogP contribution in [0.25, 0.3) is 0 Å². The minimum absolute atomic E-state index is 0.0768. The van der Waals surface area contributed by atoms with Gasteiger partial charge in [-0.1, -0.05) is 11.6 Å². The molecule has 1 unspecified atom stereocenters. The van der Waals surface area contributed by atoms with Gasteiger partial charge in [0, 0.05) is 15.5 Å².